The summed E-state index contributed by atoms with van der Waals surface area (Å²) >= 11 is 5.89. The molecule has 2 aromatic rings. The van der Waals surface area contributed by atoms with Gasteiger partial charge in [-0.1, -0.05) is 17.7 Å². The second-order valence-corrected chi connectivity index (χ2v) is 9.54. The number of ether oxygens (including phenoxy) is 1. The first-order valence-electron chi connectivity index (χ1n) is 9.79. The lowest BCUT2D eigenvalue weighted by molar-refractivity contribution is 0.0953. The van der Waals surface area contributed by atoms with Crippen LogP contribution in [0.15, 0.2) is 48.5 Å². The molecule has 1 aliphatic rings. The number of carbonyl (C=O) groups is 1. The maximum absolute atomic E-state index is 12.6. The third-order valence-corrected chi connectivity index (χ3v) is 7.21. The Kier molecular flexibility index (Phi) is 7.58. The highest BCUT2D eigenvalue weighted by atomic mass is 35.5. The van der Waals surface area contributed by atoms with Crippen LogP contribution in [0.5, 0.6) is 5.75 Å². The molecule has 1 aliphatic heterocycles. The van der Waals surface area contributed by atoms with Gasteiger partial charge in [0.2, 0.25) is 10.0 Å². The Morgan fingerprint density at radius 3 is 2.43 bits per heavy atom. The number of methoxy groups -OCH3 is 1. The zero-order chi connectivity index (χ0) is 21.6. The highest BCUT2D eigenvalue weighted by Gasteiger charge is 2.26. The topological polar surface area (TPSA) is 79.0 Å². The molecule has 0 aromatic heterocycles. The average molecular weight is 452 g/mol. The van der Waals surface area contributed by atoms with Crippen molar-refractivity contribution in [1.29, 1.82) is 0 Å². The van der Waals surface area contributed by atoms with Gasteiger partial charge in [0.15, 0.2) is 0 Å². The number of amides is 1. The fraction of sp³-hybridized carbons (Fsp3) is 0.381. The molecule has 0 saturated carbocycles. The number of hydrogen-bond donors (Lipinski definition) is 1. The molecule has 30 heavy (non-hydrogen) atoms. The van der Waals surface area contributed by atoms with Gasteiger partial charge in [0, 0.05) is 49.0 Å². The van der Waals surface area contributed by atoms with Crippen molar-refractivity contribution in [3.05, 3.63) is 59.1 Å². The molecule has 0 spiro atoms. The molecule has 1 N–H and O–H groups in total. The predicted molar refractivity (Wildman–Crippen MR) is 119 cm³/mol. The van der Waals surface area contributed by atoms with Crippen LogP contribution in [0.2, 0.25) is 5.02 Å². The molecule has 0 bridgehead atoms. The zero-order valence-corrected chi connectivity index (χ0v) is 18.5. The summed E-state index contributed by atoms with van der Waals surface area (Å²) in [6.45, 7) is 2.46. The molecule has 1 fully saturated rings. The summed E-state index contributed by atoms with van der Waals surface area (Å²) in [6, 6.07) is 14.4. The van der Waals surface area contributed by atoms with Crippen LogP contribution in [-0.2, 0) is 10.0 Å². The van der Waals surface area contributed by atoms with E-state index in [1.807, 2.05) is 24.3 Å². The van der Waals surface area contributed by atoms with Gasteiger partial charge < -0.3 is 15.0 Å². The zero-order valence-electron chi connectivity index (χ0n) is 16.9. The molecule has 0 aliphatic carbocycles. The Labute approximate surface area is 182 Å². The lowest BCUT2D eigenvalue weighted by atomic mass is 10.2. The normalized spacial score (nSPS) is 15.1. The van der Waals surface area contributed by atoms with Gasteiger partial charge in [-0.3, -0.25) is 4.79 Å². The van der Waals surface area contributed by atoms with Crippen LogP contribution in [0.3, 0.4) is 0 Å². The van der Waals surface area contributed by atoms with E-state index in [2.05, 4.69) is 10.2 Å². The maximum atomic E-state index is 12.6. The lowest BCUT2D eigenvalue weighted by Gasteiger charge is -2.35. The van der Waals surface area contributed by atoms with Crippen LogP contribution in [0, 0.1) is 0 Å². The smallest absolute Gasteiger partial charge is 0.251 e. The Morgan fingerprint density at radius 2 is 1.80 bits per heavy atom. The van der Waals surface area contributed by atoms with Crippen LogP contribution in [0.25, 0.3) is 0 Å². The number of anilines is 1. The molecule has 9 heteroatoms. The molecule has 162 valence electrons. The Bertz CT molecular complexity index is 958. The molecule has 1 saturated heterocycles. The number of rotatable bonds is 8. The van der Waals surface area contributed by atoms with Crippen LogP contribution < -0.4 is 15.0 Å². The fourth-order valence-electron chi connectivity index (χ4n) is 3.33. The van der Waals surface area contributed by atoms with Crippen LogP contribution in [0.4, 0.5) is 5.69 Å². The quantitative estimate of drug-likeness (QED) is 0.624. The SMILES string of the molecule is COc1ccc(N2CCN(S(=O)(=O)CCCNC(=O)c3cccc(Cl)c3)CC2)cc1. The molecule has 3 rings (SSSR count). The van der Waals surface area contributed by atoms with Crippen molar-refractivity contribution in [3.63, 3.8) is 0 Å². The van der Waals surface area contributed by atoms with Crippen molar-refractivity contribution in [3.8, 4) is 5.75 Å². The summed E-state index contributed by atoms with van der Waals surface area (Å²) in [4.78, 5) is 14.3. The van der Waals surface area contributed by atoms with E-state index in [-0.39, 0.29) is 18.2 Å². The number of nitrogens with one attached hydrogen (secondary N) is 1. The van der Waals surface area contributed by atoms with Crippen molar-refractivity contribution in [1.82, 2.24) is 9.62 Å². The Morgan fingerprint density at radius 1 is 1.10 bits per heavy atom. The highest BCUT2D eigenvalue weighted by Crippen LogP contribution is 2.21. The van der Waals surface area contributed by atoms with Gasteiger partial charge in [0.25, 0.3) is 5.91 Å². The lowest BCUT2D eigenvalue weighted by Crippen LogP contribution is -2.49. The number of halogens is 1. The first kappa shape index (κ1) is 22.4. The van der Waals surface area contributed by atoms with E-state index in [1.165, 1.54) is 4.31 Å². The van der Waals surface area contributed by atoms with Gasteiger partial charge in [-0.25, -0.2) is 8.42 Å². The first-order chi connectivity index (χ1) is 14.4. The Hall–Kier alpha value is -2.29. The molecule has 2 aromatic carbocycles. The molecule has 7 nitrogen and oxygen atoms in total. The Balaban J connectivity index is 1.43. The van der Waals surface area contributed by atoms with Gasteiger partial charge in [-0.15, -0.1) is 0 Å². The third kappa shape index (κ3) is 5.87. The van der Waals surface area contributed by atoms with Crippen molar-refractivity contribution >= 4 is 33.2 Å². The molecule has 0 atom stereocenters. The number of sulfonamides is 1. The summed E-state index contributed by atoms with van der Waals surface area (Å²) in [5, 5.41) is 3.23. The van der Waals surface area contributed by atoms with Crippen molar-refractivity contribution < 1.29 is 17.9 Å². The minimum atomic E-state index is -3.35. The van der Waals surface area contributed by atoms with Gasteiger partial charge in [-0.05, 0) is 48.9 Å². The molecule has 0 unspecified atom stereocenters. The molecule has 0 radical (unpaired) electrons. The third-order valence-electron chi connectivity index (χ3n) is 5.02. The fourth-order valence-corrected chi connectivity index (χ4v) is 5.01. The largest absolute Gasteiger partial charge is 0.497 e. The highest BCUT2D eigenvalue weighted by molar-refractivity contribution is 7.89. The monoisotopic (exact) mass is 451 g/mol. The number of benzene rings is 2. The minimum absolute atomic E-state index is 0.00532. The summed E-state index contributed by atoms with van der Waals surface area (Å²) in [5.41, 5.74) is 1.51. The molecular formula is C21H26ClN3O4S. The van der Waals surface area contributed by atoms with Crippen LogP contribution in [-0.4, -0.2) is 64.2 Å². The van der Waals surface area contributed by atoms with E-state index in [9.17, 15) is 13.2 Å². The first-order valence-corrected chi connectivity index (χ1v) is 11.8. The summed E-state index contributed by atoms with van der Waals surface area (Å²) in [5.74, 6) is 0.538. The van der Waals surface area contributed by atoms with E-state index in [4.69, 9.17) is 16.3 Å². The van der Waals surface area contributed by atoms with E-state index in [1.54, 1.807) is 31.4 Å². The molecule has 1 heterocycles. The second-order valence-electron chi connectivity index (χ2n) is 7.02. The summed E-state index contributed by atoms with van der Waals surface area (Å²) < 4.78 is 32.0. The van der Waals surface area contributed by atoms with E-state index in [0.717, 1.165) is 11.4 Å². The van der Waals surface area contributed by atoms with Gasteiger partial charge in [-0.2, -0.15) is 4.31 Å². The van der Waals surface area contributed by atoms with Crippen LogP contribution >= 0.6 is 11.6 Å². The van der Waals surface area contributed by atoms with E-state index in [0.29, 0.717) is 43.2 Å². The number of piperazine rings is 1. The summed E-state index contributed by atoms with van der Waals surface area (Å²) in [6.07, 6.45) is 0.354. The van der Waals surface area contributed by atoms with Crippen molar-refractivity contribution in [2.45, 2.75) is 6.42 Å². The standard InChI is InChI=1S/C21H26ClN3O4S/c1-29-20-8-6-19(7-9-20)24-11-13-25(14-12-24)30(27,28)15-3-10-23-21(26)17-4-2-5-18(22)16-17/h2,4-9,16H,3,10-15H2,1H3,(H,23,26). The number of hydrogen-bond acceptors (Lipinski definition) is 5. The van der Waals surface area contributed by atoms with Gasteiger partial charge >= 0.3 is 0 Å². The van der Waals surface area contributed by atoms with E-state index >= 15 is 0 Å². The van der Waals surface area contributed by atoms with Gasteiger partial charge in [0.1, 0.15) is 5.75 Å². The second kappa shape index (κ2) is 10.1. The minimum Gasteiger partial charge on any atom is -0.497 e. The molecule has 1 amide bonds. The predicted octanol–water partition coefficient (Wildman–Crippen LogP) is 2.62. The van der Waals surface area contributed by atoms with Crippen molar-refractivity contribution in [2.75, 3.05) is 50.5 Å². The number of nitrogens with zero attached hydrogens (tertiary/aromatic N) is 2. The maximum Gasteiger partial charge on any atom is 0.251 e. The van der Waals surface area contributed by atoms with Crippen molar-refractivity contribution in [2.24, 2.45) is 0 Å². The van der Waals surface area contributed by atoms with Crippen LogP contribution in [0.1, 0.15) is 16.8 Å². The number of carbonyl (C=O) groups excluding carboxylic acids is 1. The van der Waals surface area contributed by atoms with Gasteiger partial charge in [0.05, 0.1) is 12.9 Å². The summed E-state index contributed by atoms with van der Waals surface area (Å²) in [7, 11) is -1.73. The molecular weight excluding hydrogens is 426 g/mol. The average Bonchev–Trinajstić information content (AvgIpc) is 2.77. The van der Waals surface area contributed by atoms with E-state index < -0.39 is 10.0 Å².